The summed E-state index contributed by atoms with van der Waals surface area (Å²) in [5.41, 5.74) is 2.70. The maximum absolute atomic E-state index is 11.1. The van der Waals surface area contributed by atoms with Crippen LogP contribution in [0.15, 0.2) is 12.3 Å². The molecule has 2 rings (SSSR count). The van der Waals surface area contributed by atoms with Crippen molar-refractivity contribution in [2.24, 2.45) is 0 Å². The van der Waals surface area contributed by atoms with Crippen LogP contribution >= 0.6 is 0 Å². The second-order valence-corrected chi connectivity index (χ2v) is 3.09. The number of amides is 1. The molecule has 13 heavy (non-hydrogen) atoms. The van der Waals surface area contributed by atoms with E-state index in [1.165, 1.54) is 4.90 Å². The normalized spacial score (nSPS) is 15.2. The van der Waals surface area contributed by atoms with E-state index in [0.717, 1.165) is 16.9 Å². The number of nitrogens with zero attached hydrogens (tertiary/aromatic N) is 2. The summed E-state index contributed by atoms with van der Waals surface area (Å²) in [6.07, 6.45) is 1.45. The quantitative estimate of drug-likeness (QED) is 0.604. The van der Waals surface area contributed by atoms with Crippen LogP contribution in [0.1, 0.15) is 11.3 Å². The van der Waals surface area contributed by atoms with Gasteiger partial charge in [-0.2, -0.15) is 0 Å². The third-order valence-corrected chi connectivity index (χ3v) is 2.05. The van der Waals surface area contributed by atoms with Gasteiger partial charge in [-0.1, -0.05) is 0 Å². The highest BCUT2D eigenvalue weighted by Gasteiger charge is 2.22. The Kier molecular flexibility index (Phi) is 1.69. The van der Waals surface area contributed by atoms with Crippen molar-refractivity contribution in [2.75, 3.05) is 11.9 Å². The van der Waals surface area contributed by atoms with Gasteiger partial charge in [0.05, 0.1) is 5.69 Å². The smallest absolute Gasteiger partial charge is 0.414 e. The molecule has 4 nitrogen and oxygen atoms in total. The Hall–Kier alpha value is -1.58. The Balaban J connectivity index is 2.51. The molecule has 2 heterocycles. The molecule has 1 aromatic heterocycles. The van der Waals surface area contributed by atoms with Crippen molar-refractivity contribution < 1.29 is 9.53 Å². The van der Waals surface area contributed by atoms with Crippen LogP contribution in [0.3, 0.4) is 0 Å². The third kappa shape index (κ3) is 1.24. The van der Waals surface area contributed by atoms with E-state index in [1.807, 2.05) is 13.0 Å². The minimum atomic E-state index is -0.320. The molecule has 0 aromatic carbocycles. The van der Waals surface area contributed by atoms with Gasteiger partial charge in [0.1, 0.15) is 12.3 Å². The van der Waals surface area contributed by atoms with Crippen molar-refractivity contribution in [2.45, 2.75) is 13.5 Å². The van der Waals surface area contributed by atoms with E-state index >= 15 is 0 Å². The van der Waals surface area contributed by atoms with E-state index in [9.17, 15) is 4.79 Å². The Morgan fingerprint density at radius 1 is 1.62 bits per heavy atom. The van der Waals surface area contributed by atoms with Gasteiger partial charge in [0.15, 0.2) is 0 Å². The van der Waals surface area contributed by atoms with Crippen molar-refractivity contribution in [3.05, 3.63) is 23.5 Å². The predicted molar refractivity (Wildman–Crippen MR) is 47.6 cm³/mol. The van der Waals surface area contributed by atoms with Gasteiger partial charge in [-0.25, -0.2) is 4.79 Å². The zero-order valence-corrected chi connectivity index (χ0v) is 7.57. The number of pyridine rings is 1. The first-order valence-electron chi connectivity index (χ1n) is 4.04. The van der Waals surface area contributed by atoms with Crippen LogP contribution in [0.5, 0.6) is 0 Å². The summed E-state index contributed by atoms with van der Waals surface area (Å²) in [4.78, 5) is 16.8. The molecular weight excluding hydrogens is 168 g/mol. The van der Waals surface area contributed by atoms with Crippen LogP contribution in [0, 0.1) is 6.92 Å². The molecule has 0 aliphatic carbocycles. The number of anilines is 1. The fourth-order valence-electron chi connectivity index (χ4n) is 1.31. The molecule has 1 aliphatic rings. The van der Waals surface area contributed by atoms with Crippen molar-refractivity contribution in [1.82, 2.24) is 4.98 Å². The molecule has 0 spiro atoms. The summed E-state index contributed by atoms with van der Waals surface area (Å²) in [6, 6.07) is 1.93. The van der Waals surface area contributed by atoms with Crippen molar-refractivity contribution in [1.29, 1.82) is 0 Å². The van der Waals surface area contributed by atoms with Gasteiger partial charge in [0, 0.05) is 13.2 Å². The number of carbonyl (C=O) groups is 1. The van der Waals surface area contributed by atoms with Gasteiger partial charge < -0.3 is 4.74 Å². The number of aryl methyl sites for hydroxylation is 1. The van der Waals surface area contributed by atoms with Gasteiger partial charge >= 0.3 is 6.09 Å². The molecule has 0 saturated heterocycles. The Labute approximate surface area is 76.1 Å². The number of ether oxygens (including phenoxy) is 1. The average molecular weight is 178 g/mol. The lowest BCUT2D eigenvalue weighted by Crippen LogP contribution is -2.32. The van der Waals surface area contributed by atoms with E-state index < -0.39 is 0 Å². The highest BCUT2D eigenvalue weighted by atomic mass is 16.6. The molecule has 0 fully saturated rings. The van der Waals surface area contributed by atoms with Crippen LogP contribution in [-0.2, 0) is 11.3 Å². The predicted octanol–water partition coefficient (Wildman–Crippen LogP) is 1.48. The number of hydrogen-bond donors (Lipinski definition) is 0. The lowest BCUT2D eigenvalue weighted by atomic mass is 10.2. The summed E-state index contributed by atoms with van der Waals surface area (Å²) < 4.78 is 4.88. The number of hydrogen-bond acceptors (Lipinski definition) is 3. The molecular formula is C9H10N2O2. The number of cyclic esters (lactones) is 1. The Bertz CT molecular complexity index is 363. The first kappa shape index (κ1) is 8.04. The molecule has 1 amide bonds. The summed E-state index contributed by atoms with van der Waals surface area (Å²) in [5.74, 6) is 0. The van der Waals surface area contributed by atoms with E-state index in [0.29, 0.717) is 0 Å². The standard InChI is InChI=1S/C9H10N2O2/c1-6-3-8-7(10-4-6)5-13-9(12)11(8)2/h3-4H,5H2,1-2H3. The lowest BCUT2D eigenvalue weighted by molar-refractivity contribution is 0.142. The minimum absolute atomic E-state index is 0.277. The van der Waals surface area contributed by atoms with E-state index in [4.69, 9.17) is 4.74 Å². The number of fused-ring (bicyclic) bond motifs is 1. The SMILES string of the molecule is Cc1cnc2c(c1)N(C)C(=O)OC2. The molecule has 0 bridgehead atoms. The maximum Gasteiger partial charge on any atom is 0.414 e. The van der Waals surface area contributed by atoms with Gasteiger partial charge in [0.2, 0.25) is 0 Å². The van der Waals surface area contributed by atoms with Gasteiger partial charge in [-0.3, -0.25) is 9.88 Å². The van der Waals surface area contributed by atoms with Crippen LogP contribution in [0.4, 0.5) is 10.5 Å². The molecule has 0 radical (unpaired) electrons. The Morgan fingerprint density at radius 3 is 3.15 bits per heavy atom. The average Bonchev–Trinajstić information content (AvgIpc) is 2.12. The molecule has 0 unspecified atom stereocenters. The minimum Gasteiger partial charge on any atom is -0.443 e. The molecule has 1 aliphatic heterocycles. The van der Waals surface area contributed by atoms with Gasteiger partial charge in [0.25, 0.3) is 0 Å². The van der Waals surface area contributed by atoms with E-state index in [1.54, 1.807) is 13.2 Å². The Morgan fingerprint density at radius 2 is 2.38 bits per heavy atom. The molecule has 0 N–H and O–H groups in total. The summed E-state index contributed by atoms with van der Waals surface area (Å²) in [6.45, 7) is 2.22. The zero-order valence-electron chi connectivity index (χ0n) is 7.57. The van der Waals surface area contributed by atoms with E-state index in [2.05, 4.69) is 4.98 Å². The van der Waals surface area contributed by atoms with Crippen LogP contribution in [0.2, 0.25) is 0 Å². The lowest BCUT2D eigenvalue weighted by Gasteiger charge is -2.24. The third-order valence-electron chi connectivity index (χ3n) is 2.05. The second-order valence-electron chi connectivity index (χ2n) is 3.09. The summed E-state index contributed by atoms with van der Waals surface area (Å²) in [7, 11) is 1.68. The van der Waals surface area contributed by atoms with Crippen LogP contribution in [0.25, 0.3) is 0 Å². The molecule has 0 atom stereocenters. The van der Waals surface area contributed by atoms with Crippen LogP contribution in [-0.4, -0.2) is 18.1 Å². The summed E-state index contributed by atoms with van der Waals surface area (Å²) in [5, 5.41) is 0. The van der Waals surface area contributed by atoms with Crippen molar-refractivity contribution in [3.63, 3.8) is 0 Å². The maximum atomic E-state index is 11.1. The fraction of sp³-hybridized carbons (Fsp3) is 0.333. The number of rotatable bonds is 0. The van der Waals surface area contributed by atoms with E-state index in [-0.39, 0.29) is 12.7 Å². The molecule has 68 valence electrons. The largest absolute Gasteiger partial charge is 0.443 e. The van der Waals surface area contributed by atoms with Crippen LogP contribution < -0.4 is 4.90 Å². The zero-order chi connectivity index (χ0) is 9.42. The number of carbonyl (C=O) groups excluding carboxylic acids is 1. The highest BCUT2D eigenvalue weighted by molar-refractivity contribution is 5.89. The van der Waals surface area contributed by atoms with Gasteiger partial charge in [-0.05, 0) is 18.6 Å². The second kappa shape index (κ2) is 2.73. The number of aromatic nitrogens is 1. The molecule has 0 saturated carbocycles. The molecule has 1 aromatic rings. The fourth-order valence-corrected chi connectivity index (χ4v) is 1.31. The van der Waals surface area contributed by atoms with Crippen molar-refractivity contribution in [3.8, 4) is 0 Å². The van der Waals surface area contributed by atoms with Crippen molar-refractivity contribution >= 4 is 11.8 Å². The topological polar surface area (TPSA) is 42.4 Å². The molecule has 4 heteroatoms. The van der Waals surface area contributed by atoms with Gasteiger partial charge in [-0.15, -0.1) is 0 Å². The monoisotopic (exact) mass is 178 g/mol. The highest BCUT2D eigenvalue weighted by Crippen LogP contribution is 2.24. The first-order valence-corrected chi connectivity index (χ1v) is 4.04. The summed E-state index contributed by atoms with van der Waals surface area (Å²) >= 11 is 0. The first-order chi connectivity index (χ1) is 6.18.